The first kappa shape index (κ1) is 11.2. The van der Waals surface area contributed by atoms with E-state index in [9.17, 15) is 9.59 Å². The maximum Gasteiger partial charge on any atom is 0.382 e. The van der Waals surface area contributed by atoms with Crippen LogP contribution in [0.25, 0.3) is 0 Å². The molecule has 0 aliphatic carbocycles. The molecule has 13 heavy (non-hydrogen) atoms. The molecule has 0 aromatic carbocycles. The zero-order chi connectivity index (χ0) is 10.3. The third-order valence-electron chi connectivity index (χ3n) is 1.06. The van der Waals surface area contributed by atoms with E-state index in [0.29, 0.717) is 0 Å². The van der Waals surface area contributed by atoms with Crippen molar-refractivity contribution in [3.63, 3.8) is 0 Å². The molecule has 0 aliphatic heterocycles. The van der Waals surface area contributed by atoms with Crippen LogP contribution in [0, 0.1) is 0 Å². The van der Waals surface area contributed by atoms with Gasteiger partial charge >= 0.3 is 11.9 Å². The topological polar surface area (TPSA) is 52.6 Å². The Bertz CT molecular complexity index is 263. The van der Waals surface area contributed by atoms with Crippen molar-refractivity contribution in [2.75, 3.05) is 0 Å². The molecule has 0 aliphatic rings. The fourth-order valence-electron chi connectivity index (χ4n) is 0.423. The minimum absolute atomic E-state index is 0.284. The Morgan fingerprint density at radius 2 is 1.85 bits per heavy atom. The molecule has 0 amide bonds. The van der Waals surface area contributed by atoms with Gasteiger partial charge in [0.1, 0.15) is 0 Å². The first-order valence-electron chi connectivity index (χ1n) is 3.46. The van der Waals surface area contributed by atoms with Crippen molar-refractivity contribution >= 4 is 11.9 Å². The lowest BCUT2D eigenvalue weighted by Gasteiger charge is -1.99. The summed E-state index contributed by atoms with van der Waals surface area (Å²) in [5.74, 6) is -1.56. The number of allylic oxidation sites excluding steroid dienone is 2. The van der Waals surface area contributed by atoms with E-state index in [-0.39, 0.29) is 5.57 Å². The van der Waals surface area contributed by atoms with Crippen LogP contribution in [0.5, 0.6) is 0 Å². The molecule has 0 heterocycles. The summed E-state index contributed by atoms with van der Waals surface area (Å²) in [6.45, 7) is 8.02. The lowest BCUT2D eigenvalue weighted by molar-refractivity contribution is -0.251. The lowest BCUT2D eigenvalue weighted by atomic mass is 10.3. The van der Waals surface area contributed by atoms with Gasteiger partial charge in [0.25, 0.3) is 0 Å². The van der Waals surface area contributed by atoms with Crippen molar-refractivity contribution in [2.45, 2.75) is 6.92 Å². The van der Waals surface area contributed by atoms with Gasteiger partial charge in [-0.3, -0.25) is 0 Å². The van der Waals surface area contributed by atoms with Gasteiger partial charge in [-0.2, -0.15) is 0 Å². The van der Waals surface area contributed by atoms with Crippen LogP contribution >= 0.6 is 0 Å². The Balaban J connectivity index is 4.01. The molecule has 0 spiro atoms. The van der Waals surface area contributed by atoms with Crippen LogP contribution < -0.4 is 0 Å². The summed E-state index contributed by atoms with van der Waals surface area (Å²) in [4.78, 5) is 29.5. The van der Waals surface area contributed by atoms with Crippen molar-refractivity contribution in [3.05, 3.63) is 37.0 Å². The van der Waals surface area contributed by atoms with E-state index in [4.69, 9.17) is 0 Å². The standard InChI is InChI=1S/C9H10O4/c1-4-6-7(3)9(11)13-12-8(10)5-2/h4-6H,1-2H2,3H3/b7-6+. The highest BCUT2D eigenvalue weighted by Crippen LogP contribution is 1.97. The number of hydrogen-bond donors (Lipinski definition) is 0. The molecular weight excluding hydrogens is 172 g/mol. The molecule has 0 saturated heterocycles. The lowest BCUT2D eigenvalue weighted by Crippen LogP contribution is -2.09. The van der Waals surface area contributed by atoms with E-state index >= 15 is 0 Å². The van der Waals surface area contributed by atoms with Crippen molar-refractivity contribution in [1.82, 2.24) is 0 Å². The third-order valence-corrected chi connectivity index (χ3v) is 1.06. The molecular formula is C9H10O4. The number of hydrogen-bond acceptors (Lipinski definition) is 4. The van der Waals surface area contributed by atoms with E-state index in [2.05, 4.69) is 22.9 Å². The quantitative estimate of drug-likeness (QED) is 0.286. The average Bonchev–Trinajstić information content (AvgIpc) is 2.13. The first-order chi connectivity index (χ1) is 6.11. The summed E-state index contributed by atoms with van der Waals surface area (Å²) < 4.78 is 0. The molecule has 0 saturated carbocycles. The van der Waals surface area contributed by atoms with Gasteiger partial charge in [0.15, 0.2) is 0 Å². The van der Waals surface area contributed by atoms with E-state index < -0.39 is 11.9 Å². The Morgan fingerprint density at radius 3 is 2.31 bits per heavy atom. The fraction of sp³-hybridized carbons (Fsp3) is 0.111. The fourth-order valence-corrected chi connectivity index (χ4v) is 0.423. The Morgan fingerprint density at radius 1 is 1.23 bits per heavy atom. The molecule has 0 atom stereocenters. The van der Waals surface area contributed by atoms with Gasteiger partial charge in [0.05, 0.1) is 0 Å². The molecule has 70 valence electrons. The minimum atomic E-state index is -0.820. The Kier molecular flexibility index (Phi) is 4.95. The summed E-state index contributed by atoms with van der Waals surface area (Å²) in [5.41, 5.74) is 0.284. The summed E-state index contributed by atoms with van der Waals surface area (Å²) in [6.07, 6.45) is 3.75. The van der Waals surface area contributed by atoms with E-state index in [1.165, 1.54) is 19.1 Å². The monoisotopic (exact) mass is 182 g/mol. The maximum absolute atomic E-state index is 10.9. The minimum Gasteiger partial charge on any atom is -0.242 e. The second-order valence-electron chi connectivity index (χ2n) is 2.06. The molecule has 0 bridgehead atoms. The van der Waals surface area contributed by atoms with Crippen LogP contribution in [-0.2, 0) is 19.4 Å². The predicted octanol–water partition coefficient (Wildman–Crippen LogP) is 1.31. The van der Waals surface area contributed by atoms with E-state index in [1.807, 2.05) is 0 Å². The largest absolute Gasteiger partial charge is 0.382 e. The Hall–Kier alpha value is -1.84. The van der Waals surface area contributed by atoms with Crippen molar-refractivity contribution in [3.8, 4) is 0 Å². The molecule has 4 heteroatoms. The van der Waals surface area contributed by atoms with Crippen LogP contribution in [0.1, 0.15) is 6.92 Å². The van der Waals surface area contributed by atoms with Crippen LogP contribution in [0.2, 0.25) is 0 Å². The zero-order valence-corrected chi connectivity index (χ0v) is 7.28. The van der Waals surface area contributed by atoms with E-state index in [1.54, 1.807) is 0 Å². The molecule has 0 aromatic rings. The van der Waals surface area contributed by atoms with Crippen LogP contribution in [-0.4, -0.2) is 11.9 Å². The number of rotatable bonds is 3. The van der Waals surface area contributed by atoms with Gasteiger partial charge in [-0.1, -0.05) is 25.3 Å². The second kappa shape index (κ2) is 5.77. The molecule has 0 radical (unpaired) electrons. The highest BCUT2D eigenvalue weighted by atomic mass is 17.2. The van der Waals surface area contributed by atoms with Gasteiger partial charge in [-0.05, 0) is 6.92 Å². The summed E-state index contributed by atoms with van der Waals surface area (Å²) in [5, 5.41) is 0. The Labute approximate surface area is 76.1 Å². The molecule has 0 fully saturated rings. The summed E-state index contributed by atoms with van der Waals surface area (Å²) in [6, 6.07) is 0. The number of carbonyl (C=O) groups excluding carboxylic acids is 2. The zero-order valence-electron chi connectivity index (χ0n) is 7.28. The van der Waals surface area contributed by atoms with Gasteiger partial charge in [0.2, 0.25) is 0 Å². The summed E-state index contributed by atoms with van der Waals surface area (Å²) >= 11 is 0. The molecule has 4 nitrogen and oxygen atoms in total. The molecule has 0 rings (SSSR count). The smallest absolute Gasteiger partial charge is 0.242 e. The normalized spacial score (nSPS) is 10.1. The number of carbonyl (C=O) groups is 2. The van der Waals surface area contributed by atoms with Crippen molar-refractivity contribution in [2.24, 2.45) is 0 Å². The predicted molar refractivity (Wildman–Crippen MR) is 46.3 cm³/mol. The van der Waals surface area contributed by atoms with Gasteiger partial charge < -0.3 is 0 Å². The van der Waals surface area contributed by atoms with Crippen LogP contribution in [0.4, 0.5) is 0 Å². The van der Waals surface area contributed by atoms with Gasteiger partial charge in [0, 0.05) is 11.6 Å². The summed E-state index contributed by atoms with van der Waals surface area (Å²) in [7, 11) is 0. The van der Waals surface area contributed by atoms with Crippen molar-refractivity contribution in [1.29, 1.82) is 0 Å². The average molecular weight is 182 g/mol. The van der Waals surface area contributed by atoms with Crippen LogP contribution in [0.3, 0.4) is 0 Å². The highest BCUT2D eigenvalue weighted by molar-refractivity contribution is 5.89. The highest BCUT2D eigenvalue weighted by Gasteiger charge is 2.08. The third kappa shape index (κ3) is 4.58. The van der Waals surface area contributed by atoms with E-state index in [0.717, 1.165) is 6.08 Å². The molecule has 0 unspecified atom stereocenters. The first-order valence-corrected chi connectivity index (χ1v) is 3.46. The molecule has 0 N–H and O–H groups in total. The second-order valence-corrected chi connectivity index (χ2v) is 2.06. The SMILES string of the molecule is C=C/C=C(\C)C(=O)OOC(=O)C=C. The maximum atomic E-state index is 10.9. The van der Waals surface area contributed by atoms with Crippen LogP contribution in [0.15, 0.2) is 37.0 Å². The molecule has 0 aromatic heterocycles. The van der Waals surface area contributed by atoms with Crippen molar-refractivity contribution < 1.29 is 19.4 Å². The van der Waals surface area contributed by atoms with Gasteiger partial charge in [-0.15, -0.1) is 0 Å². The van der Waals surface area contributed by atoms with Gasteiger partial charge in [-0.25, -0.2) is 19.4 Å².